The summed E-state index contributed by atoms with van der Waals surface area (Å²) in [6.07, 6.45) is 4.54. The molecule has 0 spiro atoms. The molecule has 8 heteroatoms. The fraction of sp³-hybridized carbons (Fsp3) is 0.552. The van der Waals surface area contributed by atoms with E-state index < -0.39 is 5.60 Å². The van der Waals surface area contributed by atoms with Gasteiger partial charge in [-0.25, -0.2) is 4.79 Å². The number of carbonyl (C=O) groups excluding carboxylic acids is 2. The van der Waals surface area contributed by atoms with Gasteiger partial charge in [-0.05, 0) is 81.9 Å². The molecule has 1 aliphatic carbocycles. The van der Waals surface area contributed by atoms with Gasteiger partial charge in [-0.1, -0.05) is 19.9 Å². The zero-order valence-corrected chi connectivity index (χ0v) is 22.9. The fourth-order valence-electron chi connectivity index (χ4n) is 5.85. The molecule has 2 amide bonds. The fourth-order valence-corrected chi connectivity index (χ4v) is 5.85. The second kappa shape index (κ2) is 9.23. The summed E-state index contributed by atoms with van der Waals surface area (Å²) in [6.45, 7) is 11.6. The van der Waals surface area contributed by atoms with Crippen LogP contribution in [0, 0.1) is 5.41 Å². The number of rotatable bonds is 3. The van der Waals surface area contributed by atoms with E-state index in [4.69, 9.17) is 9.84 Å². The number of ether oxygens (including phenoxy) is 1. The Kier molecular flexibility index (Phi) is 6.32. The summed E-state index contributed by atoms with van der Waals surface area (Å²) in [4.78, 5) is 30.5. The Hall–Kier alpha value is -3.29. The van der Waals surface area contributed by atoms with Gasteiger partial charge in [-0.2, -0.15) is 5.10 Å². The Labute approximate surface area is 218 Å². The lowest BCUT2D eigenvalue weighted by Gasteiger charge is -2.34. The molecule has 8 nitrogen and oxygen atoms in total. The molecule has 0 bridgehead atoms. The molecular weight excluding hydrogens is 466 g/mol. The first-order valence-corrected chi connectivity index (χ1v) is 13.4. The van der Waals surface area contributed by atoms with Crippen molar-refractivity contribution in [1.82, 2.24) is 25.4 Å². The van der Waals surface area contributed by atoms with Gasteiger partial charge in [0.25, 0.3) is 5.91 Å². The first kappa shape index (κ1) is 25.4. The van der Waals surface area contributed by atoms with E-state index in [-0.39, 0.29) is 23.3 Å². The van der Waals surface area contributed by atoms with Crippen molar-refractivity contribution in [1.29, 1.82) is 0 Å². The predicted molar refractivity (Wildman–Crippen MR) is 145 cm³/mol. The average molecular weight is 506 g/mol. The van der Waals surface area contributed by atoms with Crippen LogP contribution in [0.4, 0.5) is 4.79 Å². The third-order valence-corrected chi connectivity index (χ3v) is 7.78. The van der Waals surface area contributed by atoms with Gasteiger partial charge in [0.05, 0.1) is 5.69 Å². The monoisotopic (exact) mass is 505 g/mol. The number of likely N-dealkylation sites (tertiary alicyclic amines) is 1. The zero-order chi connectivity index (χ0) is 26.5. The molecule has 3 N–H and O–H groups in total. The van der Waals surface area contributed by atoms with Gasteiger partial charge in [0.1, 0.15) is 11.3 Å². The van der Waals surface area contributed by atoms with Crippen molar-refractivity contribution >= 4 is 22.9 Å². The van der Waals surface area contributed by atoms with Crippen molar-refractivity contribution in [3.8, 4) is 11.4 Å². The van der Waals surface area contributed by atoms with Crippen molar-refractivity contribution in [2.75, 3.05) is 20.1 Å². The van der Waals surface area contributed by atoms with Gasteiger partial charge in [0, 0.05) is 47.9 Å². The quantitative estimate of drug-likeness (QED) is 0.434. The number of H-pyrrole nitrogens is 2. The maximum absolute atomic E-state index is 12.7. The largest absolute Gasteiger partial charge is 0.444 e. The van der Waals surface area contributed by atoms with Gasteiger partial charge in [-0.3, -0.25) is 9.89 Å². The second-order valence-corrected chi connectivity index (χ2v) is 12.4. The molecular formula is C29H39N5O3. The third-order valence-electron chi connectivity index (χ3n) is 7.78. The van der Waals surface area contributed by atoms with E-state index in [1.807, 2.05) is 37.8 Å². The number of nitrogens with one attached hydrogen (secondary N) is 3. The van der Waals surface area contributed by atoms with Crippen LogP contribution < -0.4 is 5.32 Å². The van der Waals surface area contributed by atoms with E-state index in [0.717, 1.165) is 54.4 Å². The van der Waals surface area contributed by atoms with Crippen molar-refractivity contribution in [2.45, 2.75) is 78.2 Å². The molecule has 198 valence electrons. The Morgan fingerprint density at radius 2 is 1.92 bits per heavy atom. The molecule has 0 radical (unpaired) electrons. The predicted octanol–water partition coefficient (Wildman–Crippen LogP) is 5.55. The van der Waals surface area contributed by atoms with E-state index in [2.05, 4.69) is 35.3 Å². The first-order valence-electron chi connectivity index (χ1n) is 13.4. The molecule has 0 unspecified atom stereocenters. The average Bonchev–Trinajstić information content (AvgIpc) is 3.41. The number of aromatic amines is 2. The Morgan fingerprint density at radius 3 is 2.59 bits per heavy atom. The van der Waals surface area contributed by atoms with E-state index >= 15 is 0 Å². The van der Waals surface area contributed by atoms with Crippen LogP contribution in [0.2, 0.25) is 0 Å². The number of hydrogen-bond acceptors (Lipinski definition) is 4. The number of fused-ring (bicyclic) bond motifs is 2. The SMILES string of the molecule is CNC(=O)c1ccc2c(C3CCN(C(=O)OC(C)(C)C)CC3)c(-c3n[nH]c4c3CCC(C)(C)C4)[nH]c2c1. The maximum Gasteiger partial charge on any atom is 0.410 e. The summed E-state index contributed by atoms with van der Waals surface area (Å²) in [5, 5.41) is 12.0. The molecule has 3 heterocycles. The van der Waals surface area contributed by atoms with Crippen molar-refractivity contribution < 1.29 is 14.3 Å². The standard InChI is InChI=1S/C29H39N5O3/c1-28(2,3)37-27(36)34-13-10-17(11-14-34)23-19-8-7-18(26(35)30-6)15-21(19)31-25(23)24-20-9-12-29(4,5)16-22(20)32-33-24/h7-8,15,17,31H,9-14,16H2,1-6H3,(H,30,35)(H,32,33). The van der Waals surface area contributed by atoms with Crippen LogP contribution in [0.25, 0.3) is 22.3 Å². The summed E-state index contributed by atoms with van der Waals surface area (Å²) in [7, 11) is 1.65. The summed E-state index contributed by atoms with van der Waals surface area (Å²) in [6, 6.07) is 5.87. The van der Waals surface area contributed by atoms with E-state index in [9.17, 15) is 9.59 Å². The highest BCUT2D eigenvalue weighted by Gasteiger charge is 2.34. The first-order chi connectivity index (χ1) is 17.5. The van der Waals surface area contributed by atoms with Crippen LogP contribution in [-0.4, -0.2) is 57.8 Å². The minimum absolute atomic E-state index is 0.107. The maximum atomic E-state index is 12.7. The molecule has 1 aromatic carbocycles. The van der Waals surface area contributed by atoms with Crippen LogP contribution >= 0.6 is 0 Å². The molecule has 1 fully saturated rings. The second-order valence-electron chi connectivity index (χ2n) is 12.4. The van der Waals surface area contributed by atoms with Crippen LogP contribution in [0.1, 0.15) is 87.0 Å². The Bertz CT molecular complexity index is 1340. The normalized spacial score (nSPS) is 18.1. The molecule has 37 heavy (non-hydrogen) atoms. The molecule has 3 aromatic rings. The summed E-state index contributed by atoms with van der Waals surface area (Å²) in [5.74, 6) is 0.158. The van der Waals surface area contributed by atoms with Gasteiger partial charge in [0.2, 0.25) is 0 Å². The topological polar surface area (TPSA) is 103 Å². The summed E-state index contributed by atoms with van der Waals surface area (Å²) < 4.78 is 5.61. The lowest BCUT2D eigenvalue weighted by molar-refractivity contribution is 0.0205. The molecule has 0 atom stereocenters. The number of carbonyl (C=O) groups is 2. The van der Waals surface area contributed by atoms with Crippen molar-refractivity contribution in [3.63, 3.8) is 0 Å². The molecule has 1 aliphatic heterocycles. The number of amides is 2. The van der Waals surface area contributed by atoms with E-state index in [1.165, 1.54) is 16.8 Å². The molecule has 2 aromatic heterocycles. The van der Waals surface area contributed by atoms with Crippen molar-refractivity contribution in [3.05, 3.63) is 40.6 Å². The number of piperidine rings is 1. The van der Waals surface area contributed by atoms with Crippen LogP contribution in [-0.2, 0) is 17.6 Å². The minimum atomic E-state index is -0.506. The number of nitrogens with zero attached hydrogens (tertiary/aromatic N) is 2. The zero-order valence-electron chi connectivity index (χ0n) is 22.9. The van der Waals surface area contributed by atoms with Gasteiger partial charge in [-0.15, -0.1) is 0 Å². The highest BCUT2D eigenvalue weighted by Crippen LogP contribution is 2.44. The molecule has 1 saturated heterocycles. The highest BCUT2D eigenvalue weighted by atomic mass is 16.6. The smallest absolute Gasteiger partial charge is 0.410 e. The highest BCUT2D eigenvalue weighted by molar-refractivity contribution is 6.00. The van der Waals surface area contributed by atoms with Crippen LogP contribution in [0.15, 0.2) is 18.2 Å². The number of aromatic nitrogens is 3. The minimum Gasteiger partial charge on any atom is -0.444 e. The van der Waals surface area contributed by atoms with E-state index in [0.29, 0.717) is 18.7 Å². The number of hydrogen-bond donors (Lipinski definition) is 3. The molecule has 2 aliphatic rings. The van der Waals surface area contributed by atoms with E-state index in [1.54, 1.807) is 7.05 Å². The molecule has 0 saturated carbocycles. The Morgan fingerprint density at radius 1 is 1.19 bits per heavy atom. The third kappa shape index (κ3) is 4.98. The summed E-state index contributed by atoms with van der Waals surface area (Å²) in [5.41, 5.74) is 7.11. The van der Waals surface area contributed by atoms with Gasteiger partial charge >= 0.3 is 6.09 Å². The van der Waals surface area contributed by atoms with Gasteiger partial charge < -0.3 is 19.9 Å². The van der Waals surface area contributed by atoms with Crippen LogP contribution in [0.5, 0.6) is 0 Å². The van der Waals surface area contributed by atoms with Crippen molar-refractivity contribution in [2.24, 2.45) is 5.41 Å². The lowest BCUT2D eigenvalue weighted by atomic mass is 9.76. The summed E-state index contributed by atoms with van der Waals surface area (Å²) >= 11 is 0. The lowest BCUT2D eigenvalue weighted by Crippen LogP contribution is -2.41. The van der Waals surface area contributed by atoms with Crippen LogP contribution in [0.3, 0.4) is 0 Å². The Balaban J connectivity index is 1.52. The van der Waals surface area contributed by atoms with Gasteiger partial charge in [0.15, 0.2) is 0 Å². The number of benzene rings is 1. The molecule has 5 rings (SSSR count).